The van der Waals surface area contributed by atoms with Crippen molar-refractivity contribution >= 4 is 29.9 Å². The number of unbranched alkanes of at least 4 members (excludes halogenated alkanes) is 2. The number of nitrogens with zero attached hydrogens (tertiary/aromatic N) is 2. The lowest BCUT2D eigenvalue weighted by Crippen LogP contribution is -2.48. The fraction of sp³-hybridized carbons (Fsp3) is 0.933. The quantitative estimate of drug-likeness (QED) is 0.324. The van der Waals surface area contributed by atoms with Crippen molar-refractivity contribution < 1.29 is 4.74 Å². The lowest BCUT2D eigenvalue weighted by molar-refractivity contribution is 0.192. The largest absolute Gasteiger partial charge is 0.385 e. The fourth-order valence-corrected chi connectivity index (χ4v) is 2.92. The van der Waals surface area contributed by atoms with Gasteiger partial charge in [0, 0.05) is 40.4 Å². The first kappa shape index (κ1) is 20.0. The van der Waals surface area contributed by atoms with Gasteiger partial charge >= 0.3 is 0 Å². The summed E-state index contributed by atoms with van der Waals surface area (Å²) in [7, 11) is 3.65. The van der Waals surface area contributed by atoms with Crippen molar-refractivity contribution in [1.82, 2.24) is 10.2 Å². The molecular weight excluding hydrogens is 365 g/mol. The van der Waals surface area contributed by atoms with Gasteiger partial charge in [-0.1, -0.05) is 13.8 Å². The minimum absolute atomic E-state index is 0. The fourth-order valence-electron chi connectivity index (χ4n) is 2.92. The van der Waals surface area contributed by atoms with Crippen molar-refractivity contribution in [3.8, 4) is 0 Å². The molecule has 2 atom stereocenters. The first-order valence-corrected chi connectivity index (χ1v) is 7.62. The number of nitrogens with one attached hydrogen (secondary N) is 1. The molecule has 120 valence electrons. The maximum Gasteiger partial charge on any atom is 0.193 e. The molecule has 0 aliphatic carbocycles. The predicted molar refractivity (Wildman–Crippen MR) is 97.0 cm³/mol. The van der Waals surface area contributed by atoms with Crippen LogP contribution in [0.4, 0.5) is 0 Å². The monoisotopic (exact) mass is 397 g/mol. The summed E-state index contributed by atoms with van der Waals surface area (Å²) in [5.74, 6) is 2.61. The highest BCUT2D eigenvalue weighted by Gasteiger charge is 2.23. The summed E-state index contributed by atoms with van der Waals surface area (Å²) >= 11 is 0. The van der Waals surface area contributed by atoms with E-state index in [1.54, 1.807) is 7.11 Å². The van der Waals surface area contributed by atoms with Gasteiger partial charge in [-0.05, 0) is 37.5 Å². The zero-order valence-corrected chi connectivity index (χ0v) is 15.9. The maximum atomic E-state index is 5.06. The first-order valence-electron chi connectivity index (χ1n) is 7.62. The molecule has 4 nitrogen and oxygen atoms in total. The van der Waals surface area contributed by atoms with E-state index in [-0.39, 0.29) is 24.0 Å². The number of ether oxygens (including phenoxy) is 1. The van der Waals surface area contributed by atoms with Gasteiger partial charge in [-0.3, -0.25) is 4.99 Å². The predicted octanol–water partition coefficient (Wildman–Crippen LogP) is 2.97. The third kappa shape index (κ3) is 7.67. The van der Waals surface area contributed by atoms with E-state index in [0.717, 1.165) is 50.5 Å². The Morgan fingerprint density at radius 1 is 1.20 bits per heavy atom. The van der Waals surface area contributed by atoms with Gasteiger partial charge in [0.05, 0.1) is 0 Å². The second-order valence-electron chi connectivity index (χ2n) is 5.88. The standard InChI is InChI=1S/C15H31N3O.HI/c1-13-10-14(2)12-18(11-13)15(16-3)17-8-6-5-7-9-19-4;/h13-14H,5-12H2,1-4H3,(H,16,17);1H. The van der Waals surface area contributed by atoms with Crippen LogP contribution in [-0.4, -0.2) is 51.3 Å². The number of guanidine groups is 1. The van der Waals surface area contributed by atoms with Crippen molar-refractivity contribution in [3.05, 3.63) is 0 Å². The molecule has 0 aromatic carbocycles. The van der Waals surface area contributed by atoms with E-state index >= 15 is 0 Å². The molecule has 1 heterocycles. The van der Waals surface area contributed by atoms with Crippen molar-refractivity contribution in [2.24, 2.45) is 16.8 Å². The molecule has 20 heavy (non-hydrogen) atoms. The van der Waals surface area contributed by atoms with Gasteiger partial charge in [0.15, 0.2) is 5.96 Å². The molecule has 0 radical (unpaired) electrons. The van der Waals surface area contributed by atoms with E-state index in [9.17, 15) is 0 Å². The third-order valence-corrected chi connectivity index (χ3v) is 3.69. The zero-order valence-electron chi connectivity index (χ0n) is 13.5. The summed E-state index contributed by atoms with van der Waals surface area (Å²) in [4.78, 5) is 6.83. The number of aliphatic imine (C=N–C) groups is 1. The number of piperidine rings is 1. The molecule has 0 aromatic rings. The van der Waals surface area contributed by atoms with Gasteiger partial charge < -0.3 is 15.0 Å². The molecular formula is C15H32IN3O. The van der Waals surface area contributed by atoms with Crippen LogP contribution in [0.3, 0.4) is 0 Å². The molecule has 1 fully saturated rings. The Hall–Kier alpha value is -0.0400. The average Bonchev–Trinajstić information content (AvgIpc) is 2.37. The van der Waals surface area contributed by atoms with Crippen molar-refractivity contribution in [2.45, 2.75) is 39.5 Å². The van der Waals surface area contributed by atoms with Gasteiger partial charge in [-0.15, -0.1) is 24.0 Å². The molecule has 2 unspecified atom stereocenters. The normalized spacial score (nSPS) is 23.4. The average molecular weight is 397 g/mol. The van der Waals surface area contributed by atoms with Crippen LogP contribution in [0.5, 0.6) is 0 Å². The SMILES string of the molecule is CN=C(NCCCCCOC)N1CC(C)CC(C)C1.I. The number of rotatable bonds is 6. The Labute approximate surface area is 141 Å². The summed E-state index contributed by atoms with van der Waals surface area (Å²) < 4.78 is 5.06. The molecule has 0 saturated carbocycles. The summed E-state index contributed by atoms with van der Waals surface area (Å²) in [5, 5.41) is 3.49. The molecule has 1 aliphatic rings. The van der Waals surface area contributed by atoms with Crippen LogP contribution in [0.1, 0.15) is 39.5 Å². The molecule has 1 aliphatic heterocycles. The molecule has 0 bridgehead atoms. The van der Waals surface area contributed by atoms with Gasteiger partial charge in [-0.25, -0.2) is 0 Å². The van der Waals surface area contributed by atoms with Crippen molar-refractivity contribution in [3.63, 3.8) is 0 Å². The Bertz CT molecular complexity index is 264. The Morgan fingerprint density at radius 2 is 1.85 bits per heavy atom. The maximum absolute atomic E-state index is 5.06. The number of likely N-dealkylation sites (tertiary alicyclic amines) is 1. The molecule has 0 spiro atoms. The lowest BCUT2D eigenvalue weighted by Gasteiger charge is -2.37. The molecule has 1 saturated heterocycles. The van der Waals surface area contributed by atoms with E-state index in [1.807, 2.05) is 7.05 Å². The zero-order chi connectivity index (χ0) is 14.1. The van der Waals surface area contributed by atoms with Crippen LogP contribution in [0.25, 0.3) is 0 Å². The van der Waals surface area contributed by atoms with E-state index in [1.165, 1.54) is 19.3 Å². The number of hydrogen-bond donors (Lipinski definition) is 1. The topological polar surface area (TPSA) is 36.9 Å². The first-order chi connectivity index (χ1) is 9.17. The molecule has 0 aromatic heterocycles. The summed E-state index contributed by atoms with van der Waals surface area (Å²) in [6.45, 7) is 8.81. The van der Waals surface area contributed by atoms with E-state index in [4.69, 9.17) is 4.74 Å². The minimum Gasteiger partial charge on any atom is -0.385 e. The smallest absolute Gasteiger partial charge is 0.193 e. The third-order valence-electron chi connectivity index (χ3n) is 3.69. The Kier molecular flexibility index (Phi) is 11.6. The van der Waals surface area contributed by atoms with Gasteiger partial charge in [0.1, 0.15) is 0 Å². The molecule has 5 heteroatoms. The van der Waals surface area contributed by atoms with E-state index in [0.29, 0.717) is 0 Å². The van der Waals surface area contributed by atoms with Crippen LogP contribution in [0.15, 0.2) is 4.99 Å². The van der Waals surface area contributed by atoms with Crippen LogP contribution >= 0.6 is 24.0 Å². The summed E-state index contributed by atoms with van der Waals surface area (Å²) in [6, 6.07) is 0. The van der Waals surface area contributed by atoms with Crippen LogP contribution in [0.2, 0.25) is 0 Å². The van der Waals surface area contributed by atoms with Crippen molar-refractivity contribution in [2.75, 3.05) is 40.4 Å². The van der Waals surface area contributed by atoms with E-state index in [2.05, 4.69) is 29.1 Å². The Balaban J connectivity index is 0.00000361. The highest BCUT2D eigenvalue weighted by molar-refractivity contribution is 14.0. The highest BCUT2D eigenvalue weighted by Crippen LogP contribution is 2.20. The summed E-state index contributed by atoms with van der Waals surface area (Å²) in [6.07, 6.45) is 4.88. The second kappa shape index (κ2) is 11.6. The van der Waals surface area contributed by atoms with Crippen molar-refractivity contribution in [1.29, 1.82) is 0 Å². The van der Waals surface area contributed by atoms with Gasteiger partial charge in [-0.2, -0.15) is 0 Å². The Morgan fingerprint density at radius 3 is 2.40 bits per heavy atom. The van der Waals surface area contributed by atoms with Gasteiger partial charge in [0.2, 0.25) is 0 Å². The highest BCUT2D eigenvalue weighted by atomic mass is 127. The number of hydrogen-bond acceptors (Lipinski definition) is 2. The lowest BCUT2D eigenvalue weighted by atomic mass is 9.92. The molecule has 1 rings (SSSR count). The number of methoxy groups -OCH3 is 1. The van der Waals surface area contributed by atoms with Crippen LogP contribution in [-0.2, 0) is 4.74 Å². The van der Waals surface area contributed by atoms with Gasteiger partial charge in [0.25, 0.3) is 0 Å². The van der Waals surface area contributed by atoms with Crippen LogP contribution in [0, 0.1) is 11.8 Å². The number of halogens is 1. The second-order valence-corrected chi connectivity index (χ2v) is 5.88. The molecule has 0 amide bonds. The van der Waals surface area contributed by atoms with Crippen LogP contribution < -0.4 is 5.32 Å². The molecule has 1 N–H and O–H groups in total. The summed E-state index contributed by atoms with van der Waals surface area (Å²) in [5.41, 5.74) is 0. The van der Waals surface area contributed by atoms with E-state index < -0.39 is 0 Å². The minimum atomic E-state index is 0.